The molecule has 4 rings (SSSR count). The van der Waals surface area contributed by atoms with Crippen LogP contribution in [0.3, 0.4) is 0 Å². The summed E-state index contributed by atoms with van der Waals surface area (Å²) in [7, 11) is 0. The Morgan fingerprint density at radius 3 is 1.94 bits per heavy atom. The number of benzene rings is 1. The summed E-state index contributed by atoms with van der Waals surface area (Å²) in [5, 5.41) is 0. The van der Waals surface area contributed by atoms with Gasteiger partial charge in [-0.05, 0) is 97.6 Å². The molecule has 2 fully saturated rings. The zero-order chi connectivity index (χ0) is 24.2. The first-order chi connectivity index (χ1) is 16.4. The van der Waals surface area contributed by atoms with Gasteiger partial charge in [0.15, 0.2) is 12.3 Å². The Morgan fingerprint density at radius 2 is 1.38 bits per heavy atom. The van der Waals surface area contributed by atoms with E-state index >= 15 is 0 Å². The smallest absolute Gasteiger partial charge is 0.186 e. The molecule has 0 N–H and O–H groups in total. The van der Waals surface area contributed by atoms with Gasteiger partial charge >= 0.3 is 0 Å². The van der Waals surface area contributed by atoms with Crippen LogP contribution in [0.5, 0.6) is 0 Å². The molecular weight excluding hydrogens is 443 g/mol. The van der Waals surface area contributed by atoms with Crippen LogP contribution in [0.15, 0.2) is 30.1 Å². The molecule has 0 heterocycles. The summed E-state index contributed by atoms with van der Waals surface area (Å²) in [6.07, 6.45) is 11.4. The summed E-state index contributed by atoms with van der Waals surface area (Å²) >= 11 is 0. The average molecular weight is 481 g/mol. The number of halogens is 5. The van der Waals surface area contributed by atoms with E-state index in [-0.39, 0.29) is 11.5 Å². The summed E-state index contributed by atoms with van der Waals surface area (Å²) in [6.45, 7) is 2.25. The topological polar surface area (TPSA) is 0 Å². The molecule has 2 unspecified atom stereocenters. The molecule has 5 heteroatoms. The van der Waals surface area contributed by atoms with Crippen molar-refractivity contribution in [1.82, 2.24) is 0 Å². The lowest BCUT2D eigenvalue weighted by Gasteiger charge is -2.38. The monoisotopic (exact) mass is 480 g/mol. The Morgan fingerprint density at radius 1 is 0.794 bits per heavy atom. The Balaban J connectivity index is 1.34. The molecule has 0 aliphatic heterocycles. The van der Waals surface area contributed by atoms with Crippen LogP contribution in [-0.4, -0.2) is 12.3 Å². The van der Waals surface area contributed by atoms with Gasteiger partial charge in [0.05, 0.1) is 5.56 Å². The molecule has 0 aromatic heterocycles. The highest BCUT2D eigenvalue weighted by atomic mass is 19.2. The van der Waals surface area contributed by atoms with Crippen LogP contribution in [0, 0.1) is 29.4 Å². The van der Waals surface area contributed by atoms with Crippen LogP contribution in [0.4, 0.5) is 22.0 Å². The Hall–Kier alpha value is -1.65. The van der Waals surface area contributed by atoms with Crippen molar-refractivity contribution in [3.63, 3.8) is 0 Å². The maximum atomic E-state index is 14.9. The van der Waals surface area contributed by atoms with Gasteiger partial charge in [-0.1, -0.05) is 45.4 Å². The van der Waals surface area contributed by atoms with Crippen LogP contribution in [0.1, 0.15) is 101 Å². The van der Waals surface area contributed by atoms with Gasteiger partial charge < -0.3 is 0 Å². The number of allylic oxidation sites excluding steroid dienone is 4. The van der Waals surface area contributed by atoms with Gasteiger partial charge in [-0.2, -0.15) is 0 Å². The van der Waals surface area contributed by atoms with Crippen molar-refractivity contribution in [2.45, 2.75) is 102 Å². The van der Waals surface area contributed by atoms with Crippen molar-refractivity contribution < 1.29 is 22.0 Å². The van der Waals surface area contributed by atoms with Crippen LogP contribution >= 0.6 is 0 Å². The Labute approximate surface area is 200 Å². The highest BCUT2D eigenvalue weighted by molar-refractivity contribution is 5.77. The van der Waals surface area contributed by atoms with E-state index in [0.29, 0.717) is 17.6 Å². The molecule has 0 saturated heterocycles. The Bertz CT molecular complexity index is 865. The fourth-order valence-electron chi connectivity index (χ4n) is 6.50. The number of hydrogen-bond donors (Lipinski definition) is 0. The zero-order valence-corrected chi connectivity index (χ0v) is 20.1. The first-order valence-corrected chi connectivity index (χ1v) is 13.2. The number of alkyl halides is 2. The second-order valence-electron chi connectivity index (χ2n) is 10.7. The zero-order valence-electron chi connectivity index (χ0n) is 20.1. The van der Waals surface area contributed by atoms with Gasteiger partial charge in [0.25, 0.3) is 0 Å². The lowest BCUT2D eigenvalue weighted by atomic mass is 9.68. The lowest BCUT2D eigenvalue weighted by Crippen LogP contribution is -2.25. The predicted octanol–water partition coefficient (Wildman–Crippen LogP) is 9.55. The van der Waals surface area contributed by atoms with Crippen LogP contribution in [-0.2, 0) is 0 Å². The molecular formula is C29H37F5. The molecule has 2 saturated carbocycles. The van der Waals surface area contributed by atoms with E-state index in [9.17, 15) is 22.0 Å². The number of unbranched alkanes of at least 4 members (excludes halogenated alkanes) is 2. The van der Waals surface area contributed by atoms with Crippen molar-refractivity contribution >= 4 is 5.57 Å². The van der Waals surface area contributed by atoms with Gasteiger partial charge in [-0.25, -0.2) is 22.0 Å². The van der Waals surface area contributed by atoms with Crippen molar-refractivity contribution in [3.05, 3.63) is 52.9 Å². The normalized spacial score (nSPS) is 32.3. The van der Waals surface area contributed by atoms with E-state index in [0.717, 1.165) is 43.6 Å². The second kappa shape index (κ2) is 11.4. The van der Waals surface area contributed by atoms with Crippen molar-refractivity contribution in [1.29, 1.82) is 0 Å². The molecule has 0 bridgehead atoms. The highest BCUT2D eigenvalue weighted by Gasteiger charge is 2.33. The van der Waals surface area contributed by atoms with E-state index < -0.39 is 35.4 Å². The van der Waals surface area contributed by atoms with E-state index in [4.69, 9.17) is 0 Å². The van der Waals surface area contributed by atoms with Gasteiger partial charge in [0.2, 0.25) is 0 Å². The summed E-state index contributed by atoms with van der Waals surface area (Å²) < 4.78 is 70.4. The van der Waals surface area contributed by atoms with Crippen LogP contribution in [0.25, 0.3) is 5.57 Å². The minimum absolute atomic E-state index is 0.0939. The average Bonchev–Trinajstić information content (AvgIpc) is 2.83. The maximum Gasteiger partial charge on any atom is 0.186 e. The Kier molecular flexibility index (Phi) is 8.52. The lowest BCUT2D eigenvalue weighted by molar-refractivity contribution is 0.155. The maximum absolute atomic E-state index is 14.9. The highest BCUT2D eigenvalue weighted by Crippen LogP contribution is 2.45. The van der Waals surface area contributed by atoms with E-state index in [1.165, 1.54) is 63.5 Å². The minimum Gasteiger partial charge on any atom is -0.239 e. The summed E-state index contributed by atoms with van der Waals surface area (Å²) in [5.74, 6) is -0.562. The number of hydrogen-bond acceptors (Lipinski definition) is 0. The SMILES string of the molecule is CCCCCC1CCC(C2CCC(c3cc(F)c(C4=CC(F)C(F)C(F)=C4)c(F)c3)CC2)CC1. The predicted molar refractivity (Wildman–Crippen MR) is 128 cm³/mol. The van der Waals surface area contributed by atoms with Gasteiger partial charge in [0.1, 0.15) is 17.5 Å². The molecule has 3 aliphatic rings. The molecule has 34 heavy (non-hydrogen) atoms. The third-order valence-corrected chi connectivity index (χ3v) is 8.55. The standard InChI is InChI=1S/C29H37F5/c1-2-3-4-5-18-6-8-19(9-7-18)20-10-12-21(13-11-20)22-14-24(30)28(25(31)15-22)23-16-26(32)29(34)27(33)17-23/h14-21,26,29H,2-13H2,1H3. The summed E-state index contributed by atoms with van der Waals surface area (Å²) in [5.41, 5.74) is -0.162. The number of rotatable bonds is 7. The molecule has 0 nitrogen and oxygen atoms in total. The van der Waals surface area contributed by atoms with E-state index in [2.05, 4.69) is 6.92 Å². The van der Waals surface area contributed by atoms with E-state index in [1.807, 2.05) is 0 Å². The molecule has 188 valence electrons. The molecule has 0 radical (unpaired) electrons. The largest absolute Gasteiger partial charge is 0.239 e. The van der Waals surface area contributed by atoms with E-state index in [1.54, 1.807) is 0 Å². The van der Waals surface area contributed by atoms with Crippen LogP contribution < -0.4 is 0 Å². The molecule has 2 atom stereocenters. The van der Waals surface area contributed by atoms with Gasteiger partial charge in [-0.15, -0.1) is 0 Å². The molecule has 0 amide bonds. The van der Waals surface area contributed by atoms with Crippen LogP contribution in [0.2, 0.25) is 0 Å². The summed E-state index contributed by atoms with van der Waals surface area (Å²) in [6, 6.07) is 2.60. The minimum atomic E-state index is -2.42. The van der Waals surface area contributed by atoms with Crippen molar-refractivity contribution in [2.75, 3.05) is 0 Å². The second-order valence-corrected chi connectivity index (χ2v) is 10.7. The van der Waals surface area contributed by atoms with Crippen molar-refractivity contribution in [2.24, 2.45) is 17.8 Å². The van der Waals surface area contributed by atoms with Crippen molar-refractivity contribution in [3.8, 4) is 0 Å². The molecule has 3 aliphatic carbocycles. The van der Waals surface area contributed by atoms with Gasteiger partial charge in [0, 0.05) is 0 Å². The summed E-state index contributed by atoms with van der Waals surface area (Å²) in [4.78, 5) is 0. The molecule has 1 aromatic carbocycles. The third-order valence-electron chi connectivity index (χ3n) is 8.55. The quantitative estimate of drug-likeness (QED) is 0.269. The molecule has 1 aromatic rings. The first kappa shape index (κ1) is 25.4. The molecule has 0 spiro atoms. The third kappa shape index (κ3) is 5.76. The first-order valence-electron chi connectivity index (χ1n) is 13.2. The van der Waals surface area contributed by atoms with Gasteiger partial charge in [-0.3, -0.25) is 0 Å². The fourth-order valence-corrected chi connectivity index (χ4v) is 6.50. The fraction of sp³-hybridized carbons (Fsp3) is 0.655.